The number of benzene rings is 1. The van der Waals surface area contributed by atoms with Gasteiger partial charge in [0.25, 0.3) is 0 Å². The molecule has 0 fully saturated rings. The summed E-state index contributed by atoms with van der Waals surface area (Å²) in [6.45, 7) is 29.0. The molecule has 2 nitrogen and oxygen atoms in total. The Kier molecular flexibility index (Phi) is 9.07. The van der Waals surface area contributed by atoms with Gasteiger partial charge in [0.05, 0.1) is 0 Å². The summed E-state index contributed by atoms with van der Waals surface area (Å²) in [6.07, 6.45) is 2.25. The summed E-state index contributed by atoms with van der Waals surface area (Å²) in [5.74, 6) is 0. The van der Waals surface area contributed by atoms with Crippen LogP contribution >= 0.6 is 15.8 Å². The van der Waals surface area contributed by atoms with Gasteiger partial charge >= 0.3 is 24.3 Å². The molecule has 0 amide bonds. The van der Waals surface area contributed by atoms with E-state index in [-0.39, 0.29) is 32.6 Å². The minimum atomic E-state index is -0.189. The van der Waals surface area contributed by atoms with Crippen LogP contribution in [0.4, 0.5) is 11.4 Å². The normalized spacial score (nSPS) is 15.4. The SMILES string of the molecule is CC(C)(C)P(CN1[B]N(CP(C(C)(C)C)C(C)(C)C)c2ccccc21)C(C)(C)C.[CoH3]. The number of rotatable bonds is 4. The van der Waals surface area contributed by atoms with Crippen LogP contribution in [0.1, 0.15) is 83.1 Å². The molecule has 2 rings (SSSR count). The van der Waals surface area contributed by atoms with Gasteiger partial charge in [-0.15, -0.1) is 0 Å². The van der Waals surface area contributed by atoms with Crippen molar-refractivity contribution < 1.29 is 16.8 Å². The van der Waals surface area contributed by atoms with E-state index in [1.54, 1.807) is 0 Å². The number of anilines is 2. The Morgan fingerprint density at radius 1 is 0.600 bits per heavy atom. The van der Waals surface area contributed by atoms with Crippen molar-refractivity contribution in [3.8, 4) is 0 Å². The van der Waals surface area contributed by atoms with Gasteiger partial charge in [-0.05, 0) is 32.8 Å². The summed E-state index contributed by atoms with van der Waals surface area (Å²) in [6, 6.07) is 8.99. The van der Waals surface area contributed by atoms with Crippen molar-refractivity contribution in [2.24, 2.45) is 0 Å². The van der Waals surface area contributed by atoms with Crippen LogP contribution < -0.4 is 9.62 Å². The second kappa shape index (κ2) is 9.62. The molecule has 0 atom stereocenters. The summed E-state index contributed by atoms with van der Waals surface area (Å²) in [7, 11) is 2.04. The van der Waals surface area contributed by atoms with Crippen LogP contribution in [-0.2, 0) is 16.8 Å². The molecule has 0 saturated heterocycles. The maximum atomic E-state index is 2.55. The molecule has 0 aromatic heterocycles. The number of fused-ring (bicyclic) bond motifs is 1. The average molecular weight is 495 g/mol. The van der Waals surface area contributed by atoms with E-state index in [0.717, 1.165) is 12.6 Å². The quantitative estimate of drug-likeness (QED) is 0.324. The molecule has 30 heavy (non-hydrogen) atoms. The Bertz CT molecular complexity index is 612. The predicted octanol–water partition coefficient (Wildman–Crippen LogP) is 7.11. The molecule has 0 bridgehead atoms. The summed E-state index contributed by atoms with van der Waals surface area (Å²) >= 11 is 0. The molecule has 6 heteroatoms. The standard InChI is InChI=1S/C24H44BN2P2.Co.3H/c1-21(2,3)28(22(4,5)6)17-26-19-15-13-14-16-20(19)27(25-26)18-29(23(7,8)9)24(10,11)12;;;;/h13-16H,17-18H2,1-12H3;;;;. The summed E-state index contributed by atoms with van der Waals surface area (Å²) < 4.78 is 0. The van der Waals surface area contributed by atoms with Gasteiger partial charge in [0.15, 0.2) is 0 Å². The first-order chi connectivity index (χ1) is 12.9. The molecule has 1 aromatic carbocycles. The predicted molar refractivity (Wildman–Crippen MR) is 144 cm³/mol. The Morgan fingerprint density at radius 3 is 1.10 bits per heavy atom. The fourth-order valence-corrected chi connectivity index (χ4v) is 11.4. The van der Waals surface area contributed by atoms with Crippen molar-refractivity contribution in [1.82, 2.24) is 0 Å². The fraction of sp³-hybridized carbons (Fsp3) is 0.750. The van der Waals surface area contributed by atoms with Crippen LogP contribution in [0.25, 0.3) is 0 Å². The van der Waals surface area contributed by atoms with E-state index in [1.807, 2.05) is 0 Å². The van der Waals surface area contributed by atoms with Crippen molar-refractivity contribution >= 4 is 34.8 Å². The van der Waals surface area contributed by atoms with Crippen molar-refractivity contribution in [1.29, 1.82) is 0 Å². The molecule has 0 saturated carbocycles. The van der Waals surface area contributed by atoms with Gasteiger partial charge in [-0.1, -0.05) is 111 Å². The Hall–Kier alpha value is 0.251. The van der Waals surface area contributed by atoms with E-state index in [4.69, 9.17) is 0 Å². The molecule has 1 aliphatic rings. The van der Waals surface area contributed by atoms with Crippen LogP contribution in [0.5, 0.6) is 0 Å². The summed E-state index contributed by atoms with van der Waals surface area (Å²) in [5, 5.41) is 1.31. The number of para-hydroxylation sites is 2. The average Bonchev–Trinajstić information content (AvgIpc) is 2.84. The fourth-order valence-electron chi connectivity index (χ4n) is 4.63. The van der Waals surface area contributed by atoms with Gasteiger partial charge in [-0.2, -0.15) is 0 Å². The van der Waals surface area contributed by atoms with E-state index in [9.17, 15) is 0 Å². The van der Waals surface area contributed by atoms with Crippen molar-refractivity contribution in [2.45, 2.75) is 104 Å². The van der Waals surface area contributed by atoms with Gasteiger partial charge in [-0.25, -0.2) is 0 Å². The van der Waals surface area contributed by atoms with Crippen molar-refractivity contribution in [3.05, 3.63) is 24.3 Å². The molecule has 1 aliphatic heterocycles. The first-order valence-electron chi connectivity index (χ1n) is 11.0. The second-order valence-electron chi connectivity index (χ2n) is 12.4. The monoisotopic (exact) mass is 495 g/mol. The molecule has 0 aliphatic carbocycles. The van der Waals surface area contributed by atoms with Gasteiger partial charge in [0, 0.05) is 23.9 Å². The van der Waals surface area contributed by atoms with Gasteiger partial charge in [-0.3, -0.25) is 0 Å². The summed E-state index contributed by atoms with van der Waals surface area (Å²) in [4.78, 5) is 5.10. The Morgan fingerprint density at radius 2 is 0.867 bits per heavy atom. The number of hydrogen-bond acceptors (Lipinski definition) is 2. The third-order valence-electron chi connectivity index (χ3n) is 5.61. The van der Waals surface area contributed by atoms with E-state index in [1.165, 1.54) is 11.4 Å². The zero-order chi connectivity index (χ0) is 22.4. The zero-order valence-corrected chi connectivity index (χ0v) is 24.6. The van der Waals surface area contributed by atoms with E-state index in [0.29, 0.717) is 20.6 Å². The molecule has 2 radical (unpaired) electrons. The topological polar surface area (TPSA) is 6.48 Å². The second-order valence-corrected chi connectivity index (χ2v) is 20.0. The summed E-state index contributed by atoms with van der Waals surface area (Å²) in [5.41, 5.74) is 2.76. The third-order valence-corrected chi connectivity index (χ3v) is 13.3. The Balaban J connectivity index is 0.00000450. The maximum absolute atomic E-state index is 2.55. The van der Waals surface area contributed by atoms with Gasteiger partial charge < -0.3 is 9.62 Å². The molecule has 1 aromatic rings. The molecule has 0 N–H and O–H groups in total. The minimum absolute atomic E-state index is 0. The van der Waals surface area contributed by atoms with E-state index >= 15 is 0 Å². The van der Waals surface area contributed by atoms with Crippen LogP contribution in [0.2, 0.25) is 0 Å². The molecule has 0 spiro atoms. The molecular weight excluding hydrogens is 448 g/mol. The van der Waals surface area contributed by atoms with Crippen LogP contribution in [0.3, 0.4) is 0 Å². The first-order valence-corrected chi connectivity index (χ1v) is 14.0. The van der Waals surface area contributed by atoms with Crippen LogP contribution in [0.15, 0.2) is 24.3 Å². The van der Waals surface area contributed by atoms with Crippen LogP contribution in [0, 0.1) is 0 Å². The number of hydrogen-bond donors (Lipinski definition) is 0. The Labute approximate surface area is 201 Å². The number of nitrogens with zero attached hydrogens (tertiary/aromatic N) is 2. The first kappa shape index (κ1) is 28.3. The molecule has 0 unspecified atom stereocenters. The zero-order valence-electron chi connectivity index (χ0n) is 21.5. The third kappa shape index (κ3) is 6.87. The van der Waals surface area contributed by atoms with Crippen LogP contribution in [-0.4, -0.2) is 40.7 Å². The van der Waals surface area contributed by atoms with Gasteiger partial charge in [0.2, 0.25) is 0 Å². The van der Waals surface area contributed by atoms with E-state index < -0.39 is 0 Å². The van der Waals surface area contributed by atoms with E-state index in [2.05, 4.69) is 125 Å². The van der Waals surface area contributed by atoms with Crippen molar-refractivity contribution in [2.75, 3.05) is 22.2 Å². The molecule has 1 heterocycles. The molecular formula is C24H47BCoN2P2. The molecule has 175 valence electrons. The van der Waals surface area contributed by atoms with Crippen molar-refractivity contribution in [3.63, 3.8) is 0 Å². The van der Waals surface area contributed by atoms with Gasteiger partial charge in [0.1, 0.15) is 0 Å².